The van der Waals surface area contributed by atoms with Crippen LogP contribution in [0.5, 0.6) is 5.75 Å². The number of fused-ring (bicyclic) bond motifs is 1. The summed E-state index contributed by atoms with van der Waals surface area (Å²) < 4.78 is 138. The summed E-state index contributed by atoms with van der Waals surface area (Å²) in [7, 11) is -13.9. The van der Waals surface area contributed by atoms with Crippen LogP contribution in [0.15, 0.2) is 36.4 Å². The molecule has 14 heteroatoms. The molecule has 31 heavy (non-hydrogen) atoms. The second-order valence-electron chi connectivity index (χ2n) is 6.70. The van der Waals surface area contributed by atoms with Gasteiger partial charge in [0.15, 0.2) is 0 Å². The average molecular weight is 494 g/mol. The van der Waals surface area contributed by atoms with Crippen molar-refractivity contribution < 1.29 is 51.9 Å². The number of hydrogen-bond acceptors (Lipinski definition) is 5. The normalized spacial score (nSPS) is 15.1. The van der Waals surface area contributed by atoms with E-state index in [0.717, 1.165) is 24.1 Å². The van der Waals surface area contributed by atoms with Gasteiger partial charge < -0.3 is 4.18 Å². The van der Waals surface area contributed by atoms with Gasteiger partial charge >= 0.3 is 36.7 Å². The van der Waals surface area contributed by atoms with E-state index in [1.807, 2.05) is 13.8 Å². The summed E-state index contributed by atoms with van der Waals surface area (Å²) in [4.78, 5) is 0. The zero-order valence-corrected chi connectivity index (χ0v) is 17.5. The van der Waals surface area contributed by atoms with Crippen LogP contribution in [0.2, 0.25) is 0 Å². The van der Waals surface area contributed by atoms with Crippen molar-refractivity contribution >= 4 is 31.0 Å². The Morgan fingerprint density at radius 2 is 1.42 bits per heavy atom. The third kappa shape index (κ3) is 4.20. The third-order valence-corrected chi connectivity index (χ3v) is 6.79. The van der Waals surface area contributed by atoms with Gasteiger partial charge in [0.2, 0.25) is 0 Å². The third-order valence-electron chi connectivity index (χ3n) is 4.59. The highest BCUT2D eigenvalue weighted by molar-refractivity contribution is 7.88. The molecule has 0 fully saturated rings. The zero-order chi connectivity index (χ0) is 24.0. The van der Waals surface area contributed by atoms with E-state index in [0.29, 0.717) is 5.39 Å². The van der Waals surface area contributed by atoms with Gasteiger partial charge in [-0.15, -0.1) is 0 Å². The SMILES string of the molecule is CCC(C)c1ccc2cc(OS(=O)(=O)C(F)(F)C(F)(F)C(F)(F)S(=O)(=O)O)ccc2c1. The summed E-state index contributed by atoms with van der Waals surface area (Å²) in [5.41, 5.74) is 0.912. The zero-order valence-electron chi connectivity index (χ0n) is 15.8. The molecule has 174 valence electrons. The van der Waals surface area contributed by atoms with Crippen LogP contribution in [0, 0.1) is 0 Å². The predicted octanol–water partition coefficient (Wildman–Crippen LogP) is 4.77. The molecule has 0 heterocycles. The molecule has 6 nitrogen and oxygen atoms in total. The van der Waals surface area contributed by atoms with Crippen molar-refractivity contribution in [2.75, 3.05) is 0 Å². The van der Waals surface area contributed by atoms with Crippen molar-refractivity contribution in [1.82, 2.24) is 0 Å². The van der Waals surface area contributed by atoms with Gasteiger partial charge in [0, 0.05) is 0 Å². The van der Waals surface area contributed by atoms with Gasteiger partial charge in [0.25, 0.3) is 0 Å². The Bertz CT molecular complexity index is 1190. The number of benzene rings is 2. The predicted molar refractivity (Wildman–Crippen MR) is 98.6 cm³/mol. The van der Waals surface area contributed by atoms with Crippen molar-refractivity contribution in [1.29, 1.82) is 0 Å². The maximum Gasteiger partial charge on any atom is 0.450 e. The average Bonchev–Trinajstić information content (AvgIpc) is 2.65. The number of hydrogen-bond donors (Lipinski definition) is 1. The van der Waals surface area contributed by atoms with Crippen molar-refractivity contribution in [3.05, 3.63) is 42.0 Å². The molecule has 0 radical (unpaired) electrons. The molecule has 0 aliphatic carbocycles. The molecule has 1 unspecified atom stereocenters. The van der Waals surface area contributed by atoms with Crippen LogP contribution in [-0.2, 0) is 20.2 Å². The van der Waals surface area contributed by atoms with Crippen molar-refractivity contribution in [3.63, 3.8) is 0 Å². The number of alkyl halides is 6. The van der Waals surface area contributed by atoms with Crippen LogP contribution in [0.1, 0.15) is 31.7 Å². The summed E-state index contributed by atoms with van der Waals surface area (Å²) in [6.07, 6.45) is 0.808. The Labute approximate surface area is 173 Å². The number of rotatable bonds is 8. The summed E-state index contributed by atoms with van der Waals surface area (Å²) >= 11 is 0. The largest absolute Gasteiger partial charge is 0.450 e. The first kappa shape index (κ1) is 25.2. The number of halogens is 6. The summed E-state index contributed by atoms with van der Waals surface area (Å²) in [5.74, 6) is -7.80. The standard InChI is InChI=1S/C17H16F6O6S2/c1-3-10(2)11-4-5-13-9-14(7-6-12(13)8-11)29-31(27,28)17(22,23)15(18,19)16(20,21)30(24,25)26/h4-10H,3H2,1-2H3,(H,24,25,26). The quantitative estimate of drug-likeness (QED) is 0.323. The second kappa shape index (κ2) is 7.81. The molecule has 0 amide bonds. The lowest BCUT2D eigenvalue weighted by Gasteiger charge is -2.29. The van der Waals surface area contributed by atoms with E-state index in [4.69, 9.17) is 4.55 Å². The van der Waals surface area contributed by atoms with Crippen LogP contribution >= 0.6 is 0 Å². The Kier molecular flexibility index (Phi) is 6.35. The van der Waals surface area contributed by atoms with Gasteiger partial charge in [-0.05, 0) is 40.8 Å². The van der Waals surface area contributed by atoms with E-state index >= 15 is 0 Å². The first-order chi connectivity index (χ1) is 13.9. The Morgan fingerprint density at radius 3 is 1.94 bits per heavy atom. The first-order valence-electron chi connectivity index (χ1n) is 8.47. The molecule has 2 aromatic rings. The molecule has 0 saturated heterocycles. The molecule has 1 atom stereocenters. The van der Waals surface area contributed by atoms with Crippen molar-refractivity contribution in [2.45, 2.75) is 42.6 Å². The molecule has 0 spiro atoms. The van der Waals surface area contributed by atoms with Crippen LogP contribution in [-0.4, -0.2) is 37.8 Å². The van der Waals surface area contributed by atoms with E-state index in [-0.39, 0.29) is 11.3 Å². The maximum atomic E-state index is 13.9. The minimum Gasteiger partial charge on any atom is -0.378 e. The minimum absolute atomic E-state index is 0.172. The first-order valence-corrected chi connectivity index (χ1v) is 11.3. The lowest BCUT2D eigenvalue weighted by Crippen LogP contribution is -2.61. The summed E-state index contributed by atoms with van der Waals surface area (Å²) in [6, 6.07) is 7.81. The van der Waals surface area contributed by atoms with Gasteiger partial charge in [-0.2, -0.15) is 43.2 Å². The van der Waals surface area contributed by atoms with Crippen LogP contribution in [0.3, 0.4) is 0 Å². The van der Waals surface area contributed by atoms with Crippen molar-refractivity contribution in [2.24, 2.45) is 0 Å². The lowest BCUT2D eigenvalue weighted by atomic mass is 9.96. The van der Waals surface area contributed by atoms with Crippen LogP contribution in [0.4, 0.5) is 26.3 Å². The molecule has 0 aliphatic heterocycles. The van der Waals surface area contributed by atoms with E-state index in [9.17, 15) is 43.2 Å². The van der Waals surface area contributed by atoms with Gasteiger partial charge in [0.1, 0.15) is 5.75 Å². The summed E-state index contributed by atoms with van der Waals surface area (Å²) in [5, 5.41) is -12.8. The maximum absolute atomic E-state index is 13.9. The molecule has 1 N–H and O–H groups in total. The fraction of sp³-hybridized carbons (Fsp3) is 0.412. The fourth-order valence-electron chi connectivity index (χ4n) is 2.50. The van der Waals surface area contributed by atoms with Gasteiger partial charge in [-0.3, -0.25) is 4.55 Å². The summed E-state index contributed by atoms with van der Waals surface area (Å²) in [6.45, 7) is 3.88. The Morgan fingerprint density at radius 1 is 0.903 bits per heavy atom. The highest BCUT2D eigenvalue weighted by atomic mass is 32.2. The molecule has 0 bridgehead atoms. The van der Waals surface area contributed by atoms with Gasteiger partial charge in [-0.1, -0.05) is 38.1 Å². The van der Waals surface area contributed by atoms with Crippen LogP contribution < -0.4 is 4.18 Å². The minimum atomic E-state index is -7.10. The van der Waals surface area contributed by atoms with E-state index in [1.54, 1.807) is 12.1 Å². The molecule has 0 saturated carbocycles. The molecule has 2 aromatic carbocycles. The monoisotopic (exact) mass is 494 g/mol. The molecule has 2 rings (SSSR count). The Hall–Kier alpha value is -2.06. The van der Waals surface area contributed by atoms with E-state index in [2.05, 4.69) is 4.18 Å². The van der Waals surface area contributed by atoms with Gasteiger partial charge in [0.05, 0.1) is 0 Å². The van der Waals surface area contributed by atoms with Crippen LogP contribution in [0.25, 0.3) is 10.8 Å². The highest BCUT2D eigenvalue weighted by Crippen LogP contribution is 2.51. The van der Waals surface area contributed by atoms with Crippen molar-refractivity contribution in [3.8, 4) is 5.75 Å². The van der Waals surface area contributed by atoms with Gasteiger partial charge in [-0.25, -0.2) is 0 Å². The second-order valence-corrected chi connectivity index (χ2v) is 9.75. The Balaban J connectivity index is 2.45. The molecule has 0 aliphatic rings. The highest BCUT2D eigenvalue weighted by Gasteiger charge is 2.83. The molecular weight excluding hydrogens is 478 g/mol. The topological polar surface area (TPSA) is 97.7 Å². The molecule has 0 aromatic heterocycles. The molecular formula is C17H16F6O6S2. The van der Waals surface area contributed by atoms with E-state index < -0.39 is 42.4 Å². The smallest absolute Gasteiger partial charge is 0.378 e. The lowest BCUT2D eigenvalue weighted by molar-refractivity contribution is -0.247. The fourth-order valence-corrected chi connectivity index (χ4v) is 3.92. The van der Waals surface area contributed by atoms with E-state index in [1.165, 1.54) is 12.1 Å².